The molecule has 0 aliphatic carbocycles. The first kappa shape index (κ1) is 16.3. The highest BCUT2D eigenvalue weighted by molar-refractivity contribution is 8.00. The van der Waals surface area contributed by atoms with E-state index in [4.69, 9.17) is 5.73 Å². The van der Waals surface area contributed by atoms with Crippen LogP contribution in [-0.4, -0.2) is 40.1 Å². The molecule has 19 heavy (non-hydrogen) atoms. The van der Waals surface area contributed by atoms with E-state index in [0.717, 1.165) is 25.0 Å². The molecule has 1 fully saturated rings. The van der Waals surface area contributed by atoms with Crippen molar-refractivity contribution in [3.8, 4) is 0 Å². The Labute approximate surface area is 118 Å². The Morgan fingerprint density at radius 2 is 2.21 bits per heavy atom. The fourth-order valence-electron chi connectivity index (χ4n) is 2.09. The van der Waals surface area contributed by atoms with E-state index in [2.05, 4.69) is 5.32 Å². The van der Waals surface area contributed by atoms with Gasteiger partial charge >= 0.3 is 5.97 Å². The van der Waals surface area contributed by atoms with Crippen LogP contribution in [0.5, 0.6) is 0 Å². The van der Waals surface area contributed by atoms with Gasteiger partial charge in [-0.1, -0.05) is 20.3 Å². The van der Waals surface area contributed by atoms with Gasteiger partial charge in [-0.2, -0.15) is 11.8 Å². The maximum absolute atomic E-state index is 11.9. The van der Waals surface area contributed by atoms with Gasteiger partial charge in [0.1, 0.15) is 6.04 Å². The van der Waals surface area contributed by atoms with Crippen LogP contribution in [0.15, 0.2) is 0 Å². The molecule has 0 aromatic carbocycles. The molecule has 0 aromatic heterocycles. The molecule has 110 valence electrons. The number of carboxylic acid groups (broad SMARTS) is 1. The number of hydrogen-bond donors (Lipinski definition) is 3. The summed E-state index contributed by atoms with van der Waals surface area (Å²) in [5, 5.41) is 12.1. The van der Waals surface area contributed by atoms with Crippen LogP contribution in [0.25, 0.3) is 0 Å². The minimum Gasteiger partial charge on any atom is -0.480 e. The summed E-state index contributed by atoms with van der Waals surface area (Å²) in [7, 11) is 0. The van der Waals surface area contributed by atoms with Crippen LogP contribution in [0.3, 0.4) is 0 Å². The Morgan fingerprint density at radius 3 is 2.68 bits per heavy atom. The third-order valence-electron chi connectivity index (χ3n) is 3.70. The zero-order valence-electron chi connectivity index (χ0n) is 11.6. The maximum Gasteiger partial charge on any atom is 0.326 e. The predicted octanol–water partition coefficient (Wildman–Crippen LogP) is 1.21. The third kappa shape index (κ3) is 5.03. The van der Waals surface area contributed by atoms with Crippen LogP contribution in [0.1, 0.15) is 39.5 Å². The van der Waals surface area contributed by atoms with Crippen molar-refractivity contribution in [2.75, 3.05) is 5.75 Å². The van der Waals surface area contributed by atoms with Crippen molar-refractivity contribution in [1.82, 2.24) is 5.32 Å². The molecule has 6 heteroatoms. The molecule has 4 N–H and O–H groups in total. The molecule has 1 saturated heterocycles. The average molecular weight is 288 g/mol. The van der Waals surface area contributed by atoms with E-state index < -0.39 is 18.1 Å². The summed E-state index contributed by atoms with van der Waals surface area (Å²) in [6, 6.07) is -1.46. The minimum absolute atomic E-state index is 0.0512. The van der Waals surface area contributed by atoms with Gasteiger partial charge in [0.25, 0.3) is 0 Å². The number of nitrogens with one attached hydrogen (secondary N) is 1. The molecule has 0 radical (unpaired) electrons. The van der Waals surface area contributed by atoms with Crippen molar-refractivity contribution in [2.24, 2.45) is 11.7 Å². The molecule has 1 aliphatic heterocycles. The molecular formula is C13H24N2O3S. The molecule has 0 aromatic rings. The molecule has 0 saturated carbocycles. The van der Waals surface area contributed by atoms with E-state index in [9.17, 15) is 14.7 Å². The van der Waals surface area contributed by atoms with Crippen molar-refractivity contribution in [2.45, 2.75) is 56.9 Å². The highest BCUT2D eigenvalue weighted by Gasteiger charge is 2.29. The number of nitrogens with two attached hydrogens (primary N) is 1. The van der Waals surface area contributed by atoms with Crippen LogP contribution < -0.4 is 11.1 Å². The first-order valence-electron chi connectivity index (χ1n) is 6.86. The zero-order valence-corrected chi connectivity index (χ0v) is 12.4. The van der Waals surface area contributed by atoms with Crippen LogP contribution in [0.2, 0.25) is 0 Å². The highest BCUT2D eigenvalue weighted by atomic mass is 32.2. The van der Waals surface area contributed by atoms with Gasteiger partial charge in [0.2, 0.25) is 5.91 Å². The topological polar surface area (TPSA) is 92.4 Å². The lowest BCUT2D eigenvalue weighted by Crippen LogP contribution is -2.51. The van der Waals surface area contributed by atoms with Gasteiger partial charge in [-0.05, 0) is 30.9 Å². The molecule has 0 spiro atoms. The number of carboxylic acids is 1. The molecule has 1 aliphatic rings. The van der Waals surface area contributed by atoms with Crippen molar-refractivity contribution in [3.63, 3.8) is 0 Å². The standard InChI is InChI=1S/C13H24N2O3S/c1-3-8(2)11(14)12(16)15-10(13(17)18)7-9-5-4-6-19-9/h8-11H,3-7,14H2,1-2H3,(H,15,16)(H,17,18)/t8?,9-,10?,11+/m1/s1. The van der Waals surface area contributed by atoms with Crippen LogP contribution >= 0.6 is 11.8 Å². The fraction of sp³-hybridized carbons (Fsp3) is 0.846. The van der Waals surface area contributed by atoms with E-state index in [1.54, 1.807) is 11.8 Å². The zero-order chi connectivity index (χ0) is 14.4. The van der Waals surface area contributed by atoms with Crippen LogP contribution in [-0.2, 0) is 9.59 Å². The number of rotatable bonds is 7. The number of carbonyl (C=O) groups is 2. The number of aliphatic carboxylic acids is 1. The lowest BCUT2D eigenvalue weighted by atomic mass is 9.98. The normalized spacial score (nSPS) is 23.6. The second-order valence-electron chi connectivity index (χ2n) is 5.18. The van der Waals surface area contributed by atoms with E-state index >= 15 is 0 Å². The fourth-order valence-corrected chi connectivity index (χ4v) is 3.42. The SMILES string of the molecule is CCC(C)[C@H](N)C(=O)NC(C[C@H]1CCCS1)C(=O)O. The van der Waals surface area contributed by atoms with Gasteiger partial charge in [-0.3, -0.25) is 4.79 Å². The second kappa shape index (κ2) is 7.75. The predicted molar refractivity (Wildman–Crippen MR) is 77.1 cm³/mol. The van der Waals surface area contributed by atoms with E-state index in [1.807, 2.05) is 13.8 Å². The maximum atomic E-state index is 11.9. The van der Waals surface area contributed by atoms with E-state index in [-0.39, 0.29) is 11.8 Å². The van der Waals surface area contributed by atoms with Gasteiger partial charge < -0.3 is 16.2 Å². The lowest BCUT2D eigenvalue weighted by molar-refractivity contribution is -0.142. The monoisotopic (exact) mass is 288 g/mol. The van der Waals surface area contributed by atoms with E-state index in [0.29, 0.717) is 11.7 Å². The second-order valence-corrected chi connectivity index (χ2v) is 6.59. The first-order chi connectivity index (χ1) is 8.95. The molecule has 1 amide bonds. The Hall–Kier alpha value is -0.750. The number of hydrogen-bond acceptors (Lipinski definition) is 4. The molecule has 5 nitrogen and oxygen atoms in total. The van der Waals surface area contributed by atoms with Crippen molar-refractivity contribution in [3.05, 3.63) is 0 Å². The quantitative estimate of drug-likeness (QED) is 0.655. The summed E-state index contributed by atoms with van der Waals surface area (Å²) < 4.78 is 0. The van der Waals surface area contributed by atoms with Crippen molar-refractivity contribution in [1.29, 1.82) is 0 Å². The summed E-state index contributed by atoms with van der Waals surface area (Å²) in [5.74, 6) is -0.200. The molecule has 0 bridgehead atoms. The lowest BCUT2D eigenvalue weighted by Gasteiger charge is -2.22. The summed E-state index contributed by atoms with van der Waals surface area (Å²) in [6.07, 6.45) is 3.44. The molecule has 2 unspecified atom stereocenters. The molecular weight excluding hydrogens is 264 g/mol. The number of carbonyl (C=O) groups excluding carboxylic acids is 1. The summed E-state index contributed by atoms with van der Waals surface area (Å²) >= 11 is 1.79. The largest absolute Gasteiger partial charge is 0.480 e. The average Bonchev–Trinajstić information content (AvgIpc) is 2.88. The van der Waals surface area contributed by atoms with Gasteiger partial charge in [-0.25, -0.2) is 4.79 Å². The number of thioether (sulfide) groups is 1. The molecule has 1 rings (SSSR count). The van der Waals surface area contributed by atoms with Gasteiger partial charge in [0.15, 0.2) is 0 Å². The summed E-state index contributed by atoms with van der Waals surface area (Å²) in [4.78, 5) is 23.1. The Morgan fingerprint density at radius 1 is 1.53 bits per heavy atom. The van der Waals surface area contributed by atoms with Gasteiger partial charge in [0, 0.05) is 5.25 Å². The minimum atomic E-state index is -0.975. The van der Waals surface area contributed by atoms with Gasteiger partial charge in [-0.15, -0.1) is 0 Å². The smallest absolute Gasteiger partial charge is 0.326 e. The third-order valence-corrected chi connectivity index (χ3v) is 5.12. The summed E-state index contributed by atoms with van der Waals surface area (Å²) in [5.41, 5.74) is 5.82. The number of amides is 1. The van der Waals surface area contributed by atoms with Crippen molar-refractivity contribution < 1.29 is 14.7 Å². The first-order valence-corrected chi connectivity index (χ1v) is 7.91. The summed E-state index contributed by atoms with van der Waals surface area (Å²) in [6.45, 7) is 3.86. The molecule has 1 heterocycles. The molecule has 4 atom stereocenters. The Balaban J connectivity index is 2.52. The van der Waals surface area contributed by atoms with Gasteiger partial charge in [0.05, 0.1) is 6.04 Å². The van der Waals surface area contributed by atoms with Crippen LogP contribution in [0, 0.1) is 5.92 Å². The Kier molecular flexibility index (Phi) is 6.65. The highest BCUT2D eigenvalue weighted by Crippen LogP contribution is 2.29. The Bertz CT molecular complexity index is 319. The van der Waals surface area contributed by atoms with Crippen molar-refractivity contribution >= 4 is 23.6 Å². The van der Waals surface area contributed by atoms with Crippen LogP contribution in [0.4, 0.5) is 0 Å². The van der Waals surface area contributed by atoms with E-state index in [1.165, 1.54) is 0 Å².